The molecule has 17 heavy (non-hydrogen) atoms. The molecule has 1 aromatic carbocycles. The van der Waals surface area contributed by atoms with Gasteiger partial charge in [-0.15, -0.1) is 0 Å². The minimum atomic E-state index is -0.657. The van der Waals surface area contributed by atoms with Gasteiger partial charge in [0.25, 0.3) is 0 Å². The Kier molecular flexibility index (Phi) is 3.81. The molecule has 0 bridgehead atoms. The predicted molar refractivity (Wildman–Crippen MR) is 66.2 cm³/mol. The van der Waals surface area contributed by atoms with Crippen molar-refractivity contribution >= 4 is 39.1 Å². The largest absolute Gasteiger partial charge is 0.435 e. The first-order valence-electron chi connectivity index (χ1n) is 4.38. The van der Waals surface area contributed by atoms with Crippen LogP contribution >= 0.6 is 39.1 Å². The Morgan fingerprint density at radius 2 is 2.06 bits per heavy atom. The monoisotopic (exact) mass is 336 g/mol. The molecule has 7 heteroatoms. The summed E-state index contributed by atoms with van der Waals surface area (Å²) in [5.41, 5.74) is 0. The van der Waals surface area contributed by atoms with Crippen molar-refractivity contribution in [3.8, 4) is 11.6 Å². The maximum absolute atomic E-state index is 13.6. The molecule has 0 atom stereocenters. The van der Waals surface area contributed by atoms with Crippen LogP contribution in [0.2, 0.25) is 10.3 Å². The molecule has 0 fully saturated rings. The molecule has 0 aliphatic heterocycles. The van der Waals surface area contributed by atoms with Gasteiger partial charge in [0, 0.05) is 6.20 Å². The molecule has 3 nitrogen and oxygen atoms in total. The Bertz CT molecular complexity index is 568. The minimum absolute atomic E-state index is 0.00522. The van der Waals surface area contributed by atoms with Crippen molar-refractivity contribution in [3.05, 3.63) is 45.0 Å². The second kappa shape index (κ2) is 5.16. The third-order valence-electron chi connectivity index (χ3n) is 1.81. The topological polar surface area (TPSA) is 35.0 Å². The van der Waals surface area contributed by atoms with E-state index < -0.39 is 5.82 Å². The summed E-state index contributed by atoms with van der Waals surface area (Å²) in [5, 5.41) is -0.0237. The fourth-order valence-electron chi connectivity index (χ4n) is 1.07. The van der Waals surface area contributed by atoms with Crippen molar-refractivity contribution in [2.75, 3.05) is 0 Å². The van der Waals surface area contributed by atoms with Crippen LogP contribution < -0.4 is 4.74 Å². The summed E-state index contributed by atoms with van der Waals surface area (Å²) in [6, 6.07) is 4.42. The van der Waals surface area contributed by atoms with Gasteiger partial charge in [-0.2, -0.15) is 4.98 Å². The lowest BCUT2D eigenvalue weighted by atomic mass is 10.3. The molecule has 2 aromatic rings. The van der Waals surface area contributed by atoms with Crippen LogP contribution in [0, 0.1) is 5.82 Å². The number of rotatable bonds is 2. The van der Waals surface area contributed by atoms with Crippen LogP contribution in [0.25, 0.3) is 0 Å². The number of benzene rings is 1. The Labute approximate surface area is 115 Å². The highest BCUT2D eigenvalue weighted by Gasteiger charge is 2.12. The summed E-state index contributed by atoms with van der Waals surface area (Å²) in [6.07, 6.45) is 1.41. The fraction of sp³-hybridized carbons (Fsp3) is 0. The lowest BCUT2D eigenvalue weighted by Crippen LogP contribution is -1.94. The molecule has 0 radical (unpaired) electrons. The highest BCUT2D eigenvalue weighted by molar-refractivity contribution is 9.10. The standard InChI is InChI=1S/C10H4BrCl2FN2O/c11-5-4-15-10(13)16-9(5)17-7-3-1-2-6(12)8(7)14/h1-4H. The van der Waals surface area contributed by atoms with Crippen LogP contribution in [0.5, 0.6) is 11.6 Å². The van der Waals surface area contributed by atoms with E-state index in [-0.39, 0.29) is 21.9 Å². The molecular formula is C10H4BrCl2FN2O. The first kappa shape index (κ1) is 12.5. The highest BCUT2D eigenvalue weighted by Crippen LogP contribution is 2.31. The summed E-state index contributed by atoms with van der Waals surface area (Å²) in [6.45, 7) is 0. The molecule has 0 saturated carbocycles. The smallest absolute Gasteiger partial charge is 0.238 e. The van der Waals surface area contributed by atoms with E-state index >= 15 is 0 Å². The molecule has 0 N–H and O–H groups in total. The molecular weight excluding hydrogens is 334 g/mol. The quantitative estimate of drug-likeness (QED) is 0.758. The van der Waals surface area contributed by atoms with Crippen LogP contribution in [-0.4, -0.2) is 9.97 Å². The van der Waals surface area contributed by atoms with Crippen LogP contribution in [0.4, 0.5) is 4.39 Å². The summed E-state index contributed by atoms with van der Waals surface area (Å²) in [5.74, 6) is -0.574. The van der Waals surface area contributed by atoms with Crippen molar-refractivity contribution in [2.24, 2.45) is 0 Å². The predicted octanol–water partition coefficient (Wildman–Crippen LogP) is 4.48. The van der Waals surface area contributed by atoms with Gasteiger partial charge >= 0.3 is 0 Å². The van der Waals surface area contributed by atoms with Crippen LogP contribution in [0.3, 0.4) is 0 Å². The molecule has 0 unspecified atom stereocenters. The lowest BCUT2D eigenvalue weighted by molar-refractivity contribution is 0.424. The molecule has 2 rings (SSSR count). The van der Waals surface area contributed by atoms with E-state index in [1.54, 1.807) is 6.07 Å². The Hall–Kier alpha value is -0.910. The van der Waals surface area contributed by atoms with Crippen molar-refractivity contribution < 1.29 is 9.13 Å². The molecule has 0 saturated heterocycles. The average Bonchev–Trinajstić information content (AvgIpc) is 2.30. The molecule has 1 heterocycles. The second-order valence-corrected chi connectivity index (χ2v) is 4.55. The van der Waals surface area contributed by atoms with E-state index in [0.717, 1.165) is 0 Å². The summed E-state index contributed by atoms with van der Waals surface area (Å²) in [4.78, 5) is 7.54. The molecule has 88 valence electrons. The number of hydrogen-bond donors (Lipinski definition) is 0. The average molecular weight is 338 g/mol. The van der Waals surface area contributed by atoms with Gasteiger partial charge in [-0.05, 0) is 39.7 Å². The minimum Gasteiger partial charge on any atom is -0.435 e. The molecule has 0 spiro atoms. The van der Waals surface area contributed by atoms with Crippen molar-refractivity contribution in [1.29, 1.82) is 0 Å². The zero-order valence-electron chi connectivity index (χ0n) is 8.12. The van der Waals surface area contributed by atoms with Crippen LogP contribution in [0.15, 0.2) is 28.9 Å². The normalized spacial score (nSPS) is 10.4. The van der Waals surface area contributed by atoms with Gasteiger partial charge in [0.05, 0.1) is 9.50 Å². The number of hydrogen-bond acceptors (Lipinski definition) is 3. The van der Waals surface area contributed by atoms with Gasteiger partial charge in [0.2, 0.25) is 11.2 Å². The molecule has 1 aromatic heterocycles. The number of ether oxygens (including phenoxy) is 1. The number of nitrogens with zero attached hydrogens (tertiary/aromatic N) is 2. The molecule has 0 aliphatic rings. The summed E-state index contributed by atoms with van der Waals surface area (Å²) in [7, 11) is 0. The third-order valence-corrected chi connectivity index (χ3v) is 2.82. The van der Waals surface area contributed by atoms with E-state index in [9.17, 15) is 4.39 Å². The van der Waals surface area contributed by atoms with Gasteiger partial charge in [-0.1, -0.05) is 17.7 Å². The zero-order valence-corrected chi connectivity index (χ0v) is 11.2. The second-order valence-electron chi connectivity index (χ2n) is 2.95. The molecule has 0 amide bonds. The van der Waals surface area contributed by atoms with Gasteiger partial charge in [0.15, 0.2) is 11.6 Å². The summed E-state index contributed by atoms with van der Waals surface area (Å²) < 4.78 is 19.3. The van der Waals surface area contributed by atoms with Crippen molar-refractivity contribution in [2.45, 2.75) is 0 Å². The van der Waals surface area contributed by atoms with Gasteiger partial charge in [0.1, 0.15) is 0 Å². The fourth-order valence-corrected chi connectivity index (χ4v) is 1.63. The van der Waals surface area contributed by atoms with Gasteiger partial charge < -0.3 is 4.74 Å². The van der Waals surface area contributed by atoms with Gasteiger partial charge in [-0.25, -0.2) is 9.37 Å². The number of halogens is 4. The maximum atomic E-state index is 13.6. The van der Waals surface area contributed by atoms with E-state index in [1.807, 2.05) is 0 Å². The Balaban J connectivity index is 2.38. The van der Waals surface area contributed by atoms with Crippen molar-refractivity contribution in [3.63, 3.8) is 0 Å². The maximum Gasteiger partial charge on any atom is 0.238 e. The third kappa shape index (κ3) is 2.86. The van der Waals surface area contributed by atoms with Crippen LogP contribution in [0.1, 0.15) is 0 Å². The lowest BCUT2D eigenvalue weighted by Gasteiger charge is -2.07. The Morgan fingerprint density at radius 3 is 2.82 bits per heavy atom. The van der Waals surface area contributed by atoms with E-state index in [0.29, 0.717) is 4.47 Å². The van der Waals surface area contributed by atoms with E-state index in [2.05, 4.69) is 25.9 Å². The summed E-state index contributed by atoms with van der Waals surface area (Å²) >= 11 is 14.4. The highest BCUT2D eigenvalue weighted by atomic mass is 79.9. The SMILES string of the molecule is Fc1c(Cl)cccc1Oc1nc(Cl)ncc1Br. The molecule has 0 aliphatic carbocycles. The first-order chi connectivity index (χ1) is 8.08. The van der Waals surface area contributed by atoms with Crippen molar-refractivity contribution in [1.82, 2.24) is 9.97 Å². The van der Waals surface area contributed by atoms with Crippen LogP contribution in [-0.2, 0) is 0 Å². The number of aromatic nitrogens is 2. The first-order valence-corrected chi connectivity index (χ1v) is 5.92. The van der Waals surface area contributed by atoms with E-state index in [1.165, 1.54) is 18.3 Å². The Morgan fingerprint density at radius 1 is 1.29 bits per heavy atom. The zero-order chi connectivity index (χ0) is 12.4. The van der Waals surface area contributed by atoms with E-state index in [4.69, 9.17) is 27.9 Å². The van der Waals surface area contributed by atoms with Gasteiger partial charge in [-0.3, -0.25) is 0 Å².